The van der Waals surface area contributed by atoms with Crippen LogP contribution in [0, 0.1) is 45.3 Å². The number of anilines is 1. The summed E-state index contributed by atoms with van der Waals surface area (Å²) in [6.45, 7) is -0.480. The van der Waals surface area contributed by atoms with Crippen molar-refractivity contribution in [2.75, 3.05) is 5.32 Å². The first kappa shape index (κ1) is 44.1. The van der Waals surface area contributed by atoms with Gasteiger partial charge in [0.15, 0.2) is 16.7 Å². The van der Waals surface area contributed by atoms with E-state index in [0.717, 1.165) is 34.0 Å². The summed E-state index contributed by atoms with van der Waals surface area (Å²) in [5.41, 5.74) is 0.289. The minimum absolute atomic E-state index is 0.0525. The SMILES string of the molecule is N#CC(C#N)=C1C2=CCCC=C2C(=O)/C1=N\c1nc2sc3c(c2s1)C(C(=O)OCc1ccccc1)(C(=O)OCc1ccccc1)Oc1c-3sc2nc(NC3C(=O)C4=CCCC=C4C3=C(C#N)C#N)sc12. The number of aromatic nitrogens is 2. The molecule has 2 fully saturated rings. The largest absolute Gasteiger partial charge is 0.457 e. The van der Waals surface area contributed by atoms with Gasteiger partial charge in [-0.05, 0) is 48.0 Å². The number of thiophene rings is 2. The molecule has 70 heavy (non-hydrogen) atoms. The Hall–Kier alpha value is -8.43. The Kier molecular flexibility index (Phi) is 11.1. The molecule has 0 radical (unpaired) electrons. The second kappa shape index (κ2) is 17.6. The molecule has 5 aliphatic rings. The Morgan fingerprint density at radius 1 is 0.700 bits per heavy atom. The highest BCUT2D eigenvalue weighted by atomic mass is 32.1. The summed E-state index contributed by atoms with van der Waals surface area (Å²) in [5.74, 6) is -2.83. The number of aliphatic imine (C=N–C) groups is 1. The molecule has 1 N–H and O–H groups in total. The summed E-state index contributed by atoms with van der Waals surface area (Å²) in [4.78, 5) is 74.2. The molecule has 4 aliphatic carbocycles. The maximum Gasteiger partial charge on any atom is 0.367 e. The van der Waals surface area contributed by atoms with Gasteiger partial charge in [0.25, 0.3) is 0 Å². The maximum absolute atomic E-state index is 15.2. The molecule has 1 unspecified atom stereocenters. The minimum atomic E-state index is -2.62. The third-order valence-corrected chi connectivity index (χ3v) is 16.6. The van der Waals surface area contributed by atoms with E-state index in [4.69, 9.17) is 24.2 Å². The van der Waals surface area contributed by atoms with Crippen molar-refractivity contribution in [2.45, 2.75) is 50.5 Å². The average Bonchev–Trinajstić information content (AvgIpc) is 4.24. The molecule has 0 amide bonds. The highest BCUT2D eigenvalue weighted by molar-refractivity contribution is 7.35. The predicted octanol–water partition coefficient (Wildman–Crippen LogP) is 9.77. The third-order valence-electron chi connectivity index (χ3n) is 12.1. The quantitative estimate of drug-likeness (QED) is 0.0806. The molecule has 4 aromatic heterocycles. The smallest absolute Gasteiger partial charge is 0.367 e. The standard InChI is InChI=1S/C51H28N8O7S4/c52-19-27(20-53)33-29-15-7-9-17-31(29)38(60)36(33)56-49-58-45-42(69-49)35-41(67-45)43-40(66-51(35,47(62)64-23-25-11-3-1-4-12-25)48(63)65-24-26-13-5-2-6-14-26)44-46(68-43)59-50(70-44)57-37-34(28(21-54)22-55)30-16-8-10-18-32(30)39(37)61/h1-6,11-18,37H,7-10,23-24H2,(H,57,59)/b56-36-. The molecule has 6 aromatic rings. The molecule has 2 aromatic carbocycles. The van der Waals surface area contributed by atoms with Crippen LogP contribution >= 0.6 is 45.3 Å². The molecule has 0 spiro atoms. The summed E-state index contributed by atoms with van der Waals surface area (Å²) in [7, 11) is 0. The Morgan fingerprint density at radius 3 is 1.90 bits per heavy atom. The van der Waals surface area contributed by atoms with Crippen LogP contribution in [0.3, 0.4) is 0 Å². The molecule has 5 heterocycles. The maximum atomic E-state index is 15.2. The van der Waals surface area contributed by atoms with Crippen molar-refractivity contribution < 1.29 is 33.4 Å². The number of carbonyl (C=O) groups excluding carboxylic acids is 4. The van der Waals surface area contributed by atoms with Crippen molar-refractivity contribution in [1.82, 2.24) is 9.97 Å². The highest BCUT2D eigenvalue weighted by Crippen LogP contribution is 2.61. The summed E-state index contributed by atoms with van der Waals surface area (Å²) in [5, 5.41) is 43.2. The van der Waals surface area contributed by atoms with Crippen LogP contribution in [0.2, 0.25) is 0 Å². The van der Waals surface area contributed by atoms with Crippen molar-refractivity contribution in [1.29, 1.82) is 21.0 Å². The summed E-state index contributed by atoms with van der Waals surface area (Å²) < 4.78 is 19.6. The fourth-order valence-electron chi connectivity index (χ4n) is 8.97. The predicted molar refractivity (Wildman–Crippen MR) is 261 cm³/mol. The molecule has 338 valence electrons. The van der Waals surface area contributed by atoms with Crippen LogP contribution < -0.4 is 10.1 Å². The Morgan fingerprint density at radius 2 is 1.27 bits per heavy atom. The number of rotatable bonds is 9. The molecule has 15 nitrogen and oxygen atoms in total. The Balaban J connectivity index is 1.08. The van der Waals surface area contributed by atoms with Crippen molar-refractivity contribution in [3.63, 3.8) is 0 Å². The first-order valence-electron chi connectivity index (χ1n) is 21.5. The van der Waals surface area contributed by atoms with Gasteiger partial charge in [0.2, 0.25) is 10.9 Å². The number of thiazole rings is 2. The highest BCUT2D eigenvalue weighted by Gasteiger charge is 2.60. The molecular weight excluding hydrogens is 965 g/mol. The van der Waals surface area contributed by atoms with Gasteiger partial charge in [-0.3, -0.25) is 9.59 Å². The van der Waals surface area contributed by atoms with Gasteiger partial charge >= 0.3 is 17.5 Å². The van der Waals surface area contributed by atoms with Crippen LogP contribution in [0.25, 0.3) is 28.8 Å². The van der Waals surface area contributed by atoms with E-state index in [1.54, 1.807) is 60.7 Å². The number of nitriles is 4. The van der Waals surface area contributed by atoms with E-state index in [0.29, 0.717) is 87.9 Å². The van der Waals surface area contributed by atoms with E-state index in [-0.39, 0.29) is 68.6 Å². The number of nitrogens with zero attached hydrogens (tertiary/aromatic N) is 7. The Bertz CT molecular complexity index is 3670. The van der Waals surface area contributed by atoms with Gasteiger partial charge in [-0.1, -0.05) is 108 Å². The van der Waals surface area contributed by atoms with Crippen molar-refractivity contribution >= 4 is 104 Å². The van der Waals surface area contributed by atoms with Crippen LogP contribution in [-0.2, 0) is 47.5 Å². The number of hydrogen-bond donors (Lipinski definition) is 1. The molecular formula is C51H28N8O7S4. The van der Waals surface area contributed by atoms with Gasteiger partial charge in [0.05, 0.1) is 20.0 Å². The molecule has 2 saturated carbocycles. The fourth-order valence-corrected chi connectivity index (χ4v) is 13.8. The second-order valence-corrected chi connectivity index (χ2v) is 20.1. The molecule has 11 rings (SSSR count). The number of Topliss-reactive ketones (excluding diaryl/α,β-unsaturated/α-hetero) is 2. The van der Waals surface area contributed by atoms with Crippen LogP contribution in [0.4, 0.5) is 10.3 Å². The third kappa shape index (κ3) is 7.02. The van der Waals surface area contributed by atoms with Crippen molar-refractivity contribution in [3.8, 4) is 39.8 Å². The number of hydrogen-bond acceptors (Lipinski definition) is 19. The molecule has 1 atom stereocenters. The minimum Gasteiger partial charge on any atom is -0.457 e. The summed E-state index contributed by atoms with van der Waals surface area (Å²) in [6, 6.07) is 24.4. The van der Waals surface area contributed by atoms with E-state index in [2.05, 4.69) is 10.3 Å². The number of ketones is 2. The van der Waals surface area contributed by atoms with Gasteiger partial charge in [-0.15, -0.1) is 22.7 Å². The number of nitrogens with one attached hydrogen (secondary N) is 1. The molecule has 0 saturated heterocycles. The number of esters is 2. The normalized spacial score (nSPS) is 17.8. The topological polar surface area (TPSA) is 241 Å². The Labute approximate surface area is 412 Å². The van der Waals surface area contributed by atoms with E-state index >= 15 is 9.59 Å². The number of carbonyl (C=O) groups is 4. The monoisotopic (exact) mass is 992 g/mol. The number of fused-ring (bicyclic) bond motifs is 9. The lowest BCUT2D eigenvalue weighted by molar-refractivity contribution is -0.183. The van der Waals surface area contributed by atoms with E-state index in [9.17, 15) is 30.6 Å². The lowest BCUT2D eigenvalue weighted by atomic mass is 9.91. The summed E-state index contributed by atoms with van der Waals surface area (Å²) in [6.07, 6.45) is 9.70. The lowest BCUT2D eigenvalue weighted by Crippen LogP contribution is -2.52. The van der Waals surface area contributed by atoms with Crippen LogP contribution in [-0.4, -0.2) is 45.2 Å². The first-order valence-corrected chi connectivity index (χ1v) is 24.8. The zero-order chi connectivity index (χ0) is 48.3. The van der Waals surface area contributed by atoms with Crippen LogP contribution in [0.5, 0.6) is 5.75 Å². The zero-order valence-corrected chi connectivity index (χ0v) is 39.3. The van der Waals surface area contributed by atoms with Crippen LogP contribution in [0.1, 0.15) is 42.4 Å². The van der Waals surface area contributed by atoms with Gasteiger partial charge in [0.1, 0.15) is 74.8 Å². The van der Waals surface area contributed by atoms with Gasteiger partial charge in [-0.25, -0.2) is 24.5 Å². The number of allylic oxidation sites excluding steroid dienone is 9. The van der Waals surface area contributed by atoms with Crippen LogP contribution in [0.15, 0.2) is 135 Å². The first-order chi connectivity index (χ1) is 34.2. The molecule has 0 bridgehead atoms. The van der Waals surface area contributed by atoms with Gasteiger partial charge < -0.3 is 19.5 Å². The fraction of sp³-hybridized carbons (Fsp3) is 0.157. The van der Waals surface area contributed by atoms with Crippen molar-refractivity contribution in [3.05, 3.63) is 146 Å². The average molecular weight is 993 g/mol. The van der Waals surface area contributed by atoms with Crippen molar-refractivity contribution in [2.24, 2.45) is 4.99 Å². The second-order valence-electron chi connectivity index (χ2n) is 16.1. The van der Waals surface area contributed by atoms with Gasteiger partial charge in [-0.2, -0.15) is 21.0 Å². The zero-order valence-electron chi connectivity index (χ0n) is 36.0. The van der Waals surface area contributed by atoms with E-state index in [1.165, 1.54) is 11.3 Å². The summed E-state index contributed by atoms with van der Waals surface area (Å²) >= 11 is 4.44. The number of ether oxygens (including phenoxy) is 3. The van der Waals surface area contributed by atoms with E-state index < -0.39 is 29.4 Å². The number of benzene rings is 2. The molecule has 19 heteroatoms. The van der Waals surface area contributed by atoms with E-state index in [1.807, 2.05) is 48.6 Å². The lowest BCUT2D eigenvalue weighted by Gasteiger charge is -2.33. The molecule has 1 aliphatic heterocycles. The van der Waals surface area contributed by atoms with Gasteiger partial charge in [0, 0.05) is 22.3 Å².